The number of hydrogen-bond acceptors (Lipinski definition) is 4. The Morgan fingerprint density at radius 3 is 2.09 bits per heavy atom. The molecule has 1 fully saturated rings. The predicted octanol–water partition coefficient (Wildman–Crippen LogP) is 3.48. The first kappa shape index (κ1) is 20.5. The van der Waals surface area contributed by atoms with Gasteiger partial charge in [-0.1, -0.05) is 20.8 Å². The molecule has 0 aliphatic carbocycles. The SMILES string of the molecule is CC(C)(C)OC(=O)N1CC(CO)C(CO[Si](C)(C)C(C)(C)C)C1. The van der Waals surface area contributed by atoms with Crippen LogP contribution >= 0.6 is 0 Å². The van der Waals surface area contributed by atoms with Crippen LogP contribution in [0.1, 0.15) is 41.5 Å². The number of aliphatic hydroxyl groups is 1. The molecule has 5 nitrogen and oxygen atoms in total. The van der Waals surface area contributed by atoms with Gasteiger partial charge >= 0.3 is 6.09 Å². The maximum Gasteiger partial charge on any atom is 0.410 e. The molecule has 0 spiro atoms. The van der Waals surface area contributed by atoms with E-state index in [0.717, 1.165) is 0 Å². The molecular weight excluding hydrogens is 310 g/mol. The minimum absolute atomic E-state index is 0.0623. The van der Waals surface area contributed by atoms with Gasteiger partial charge in [0.15, 0.2) is 8.32 Å². The Morgan fingerprint density at radius 1 is 1.13 bits per heavy atom. The topological polar surface area (TPSA) is 59.0 Å². The van der Waals surface area contributed by atoms with Gasteiger partial charge < -0.3 is 19.2 Å². The van der Waals surface area contributed by atoms with Gasteiger partial charge in [-0.15, -0.1) is 0 Å². The van der Waals surface area contributed by atoms with Crippen molar-refractivity contribution in [3.8, 4) is 0 Å². The first-order chi connectivity index (χ1) is 10.3. The van der Waals surface area contributed by atoms with Crippen LogP contribution in [0.2, 0.25) is 18.1 Å². The molecule has 6 heteroatoms. The summed E-state index contributed by atoms with van der Waals surface area (Å²) in [6, 6.07) is 0. The smallest absolute Gasteiger partial charge is 0.410 e. The van der Waals surface area contributed by atoms with Crippen molar-refractivity contribution in [2.75, 3.05) is 26.3 Å². The highest BCUT2D eigenvalue weighted by Gasteiger charge is 2.41. The maximum atomic E-state index is 12.2. The molecule has 1 N–H and O–H groups in total. The van der Waals surface area contributed by atoms with E-state index in [4.69, 9.17) is 9.16 Å². The summed E-state index contributed by atoms with van der Waals surface area (Å²) < 4.78 is 11.7. The van der Waals surface area contributed by atoms with Crippen LogP contribution in [0.15, 0.2) is 0 Å². The lowest BCUT2D eigenvalue weighted by molar-refractivity contribution is 0.0279. The third-order valence-corrected chi connectivity index (χ3v) is 9.43. The van der Waals surface area contributed by atoms with E-state index < -0.39 is 13.9 Å². The zero-order valence-electron chi connectivity index (χ0n) is 16.1. The number of carbonyl (C=O) groups is 1. The van der Waals surface area contributed by atoms with Crippen LogP contribution < -0.4 is 0 Å². The van der Waals surface area contributed by atoms with Gasteiger partial charge in [0, 0.05) is 38.1 Å². The highest BCUT2D eigenvalue weighted by Crippen LogP contribution is 2.37. The van der Waals surface area contributed by atoms with Gasteiger partial charge in [-0.05, 0) is 38.9 Å². The highest BCUT2D eigenvalue weighted by atomic mass is 28.4. The van der Waals surface area contributed by atoms with Gasteiger partial charge in [-0.3, -0.25) is 0 Å². The summed E-state index contributed by atoms with van der Waals surface area (Å²) in [4.78, 5) is 13.9. The number of aliphatic hydroxyl groups excluding tert-OH is 1. The van der Waals surface area contributed by atoms with E-state index in [-0.39, 0.29) is 29.6 Å². The van der Waals surface area contributed by atoms with Crippen molar-refractivity contribution >= 4 is 14.4 Å². The van der Waals surface area contributed by atoms with E-state index in [2.05, 4.69) is 33.9 Å². The monoisotopic (exact) mass is 345 g/mol. The molecule has 23 heavy (non-hydrogen) atoms. The number of carbonyl (C=O) groups excluding carboxylic acids is 1. The largest absolute Gasteiger partial charge is 0.444 e. The summed E-state index contributed by atoms with van der Waals surface area (Å²) in [6.45, 7) is 18.5. The van der Waals surface area contributed by atoms with Crippen LogP contribution in [0.25, 0.3) is 0 Å². The van der Waals surface area contributed by atoms with E-state index in [1.165, 1.54) is 0 Å². The molecule has 1 rings (SSSR count). The molecule has 1 aliphatic heterocycles. The molecule has 2 atom stereocenters. The lowest BCUT2D eigenvalue weighted by atomic mass is 9.98. The second kappa shape index (κ2) is 7.11. The quantitative estimate of drug-likeness (QED) is 0.793. The molecular formula is C17H35NO4Si. The first-order valence-electron chi connectivity index (χ1n) is 8.49. The summed E-state index contributed by atoms with van der Waals surface area (Å²) in [5, 5.41) is 9.79. The molecule has 2 unspecified atom stereocenters. The molecule has 0 radical (unpaired) electrons. The fourth-order valence-corrected chi connectivity index (χ4v) is 3.41. The maximum absolute atomic E-state index is 12.2. The van der Waals surface area contributed by atoms with E-state index in [0.29, 0.717) is 19.7 Å². The second-order valence-corrected chi connectivity index (χ2v) is 14.0. The zero-order valence-corrected chi connectivity index (χ0v) is 17.1. The van der Waals surface area contributed by atoms with Crippen molar-refractivity contribution in [2.45, 2.75) is 65.3 Å². The average Bonchev–Trinajstić information content (AvgIpc) is 2.76. The van der Waals surface area contributed by atoms with Crippen molar-refractivity contribution in [1.82, 2.24) is 4.90 Å². The van der Waals surface area contributed by atoms with Crippen LogP contribution in [-0.2, 0) is 9.16 Å². The molecule has 136 valence electrons. The van der Waals surface area contributed by atoms with Gasteiger partial charge in [-0.25, -0.2) is 4.79 Å². The van der Waals surface area contributed by atoms with Crippen LogP contribution in [0.3, 0.4) is 0 Å². The van der Waals surface area contributed by atoms with Crippen LogP contribution in [-0.4, -0.2) is 56.3 Å². The van der Waals surface area contributed by atoms with Crippen molar-refractivity contribution < 1.29 is 19.1 Å². The standard InChI is InChI=1S/C17H35NO4Si/c1-16(2,3)22-15(20)18-9-13(11-19)14(10-18)12-21-23(7,8)17(4,5)6/h13-14,19H,9-12H2,1-8H3. The van der Waals surface area contributed by atoms with E-state index in [1.54, 1.807) is 4.90 Å². The Labute approximate surface area is 142 Å². The number of hydrogen-bond donors (Lipinski definition) is 1. The molecule has 1 saturated heterocycles. The lowest BCUT2D eigenvalue weighted by Crippen LogP contribution is -2.43. The molecule has 1 aliphatic rings. The van der Waals surface area contributed by atoms with Crippen LogP contribution in [0, 0.1) is 11.8 Å². The Morgan fingerprint density at radius 2 is 1.65 bits per heavy atom. The first-order valence-corrected chi connectivity index (χ1v) is 11.4. The summed E-state index contributed by atoms with van der Waals surface area (Å²) in [5.41, 5.74) is -0.498. The third-order valence-electron chi connectivity index (χ3n) is 4.93. The van der Waals surface area contributed by atoms with E-state index in [1.807, 2.05) is 20.8 Å². The summed E-state index contributed by atoms with van der Waals surface area (Å²) >= 11 is 0. The molecule has 0 bridgehead atoms. The minimum atomic E-state index is -1.82. The third kappa shape index (κ3) is 5.76. The van der Waals surface area contributed by atoms with Gasteiger partial charge in [-0.2, -0.15) is 0 Å². The number of likely N-dealkylation sites (tertiary alicyclic amines) is 1. The van der Waals surface area contributed by atoms with E-state index >= 15 is 0 Å². The Hall–Kier alpha value is -0.593. The van der Waals surface area contributed by atoms with Crippen molar-refractivity contribution in [1.29, 1.82) is 0 Å². The van der Waals surface area contributed by atoms with Crippen LogP contribution in [0.4, 0.5) is 4.79 Å². The molecule has 0 aromatic heterocycles. The van der Waals surface area contributed by atoms with Crippen LogP contribution in [0.5, 0.6) is 0 Å². The van der Waals surface area contributed by atoms with Gasteiger partial charge in [0.2, 0.25) is 0 Å². The van der Waals surface area contributed by atoms with E-state index in [9.17, 15) is 9.90 Å². The summed E-state index contributed by atoms with van der Waals surface area (Å²) in [6.07, 6.45) is -0.300. The fourth-order valence-electron chi connectivity index (χ4n) is 2.34. The number of rotatable bonds is 4. The molecule has 1 heterocycles. The van der Waals surface area contributed by atoms with Crippen molar-refractivity contribution in [3.05, 3.63) is 0 Å². The number of amides is 1. The Bertz CT molecular complexity index is 412. The summed E-state index contributed by atoms with van der Waals surface area (Å²) in [7, 11) is -1.82. The normalized spacial score (nSPS) is 23.3. The Kier molecular flexibility index (Phi) is 6.32. The highest BCUT2D eigenvalue weighted by molar-refractivity contribution is 6.74. The average molecular weight is 346 g/mol. The molecule has 0 aromatic carbocycles. The van der Waals surface area contributed by atoms with Gasteiger partial charge in [0.1, 0.15) is 5.60 Å². The predicted molar refractivity (Wildman–Crippen MR) is 95.0 cm³/mol. The molecule has 0 saturated carbocycles. The second-order valence-electron chi connectivity index (χ2n) is 9.16. The van der Waals surface area contributed by atoms with Crippen molar-refractivity contribution in [2.24, 2.45) is 11.8 Å². The van der Waals surface area contributed by atoms with Gasteiger partial charge in [0.25, 0.3) is 0 Å². The number of nitrogens with zero attached hydrogens (tertiary/aromatic N) is 1. The fraction of sp³-hybridized carbons (Fsp3) is 0.941. The number of ether oxygens (including phenoxy) is 1. The van der Waals surface area contributed by atoms with Crippen molar-refractivity contribution in [3.63, 3.8) is 0 Å². The molecule has 1 amide bonds. The zero-order chi connectivity index (χ0) is 18.1. The lowest BCUT2D eigenvalue weighted by Gasteiger charge is -2.37. The minimum Gasteiger partial charge on any atom is -0.444 e. The van der Waals surface area contributed by atoms with Gasteiger partial charge in [0.05, 0.1) is 0 Å². The summed E-state index contributed by atoms with van der Waals surface area (Å²) in [5.74, 6) is 0.230. The Balaban J connectivity index is 2.65. The molecule has 0 aromatic rings.